The van der Waals surface area contributed by atoms with Gasteiger partial charge in [-0.2, -0.15) is 9.97 Å². The summed E-state index contributed by atoms with van der Waals surface area (Å²) in [4.78, 5) is 43.1. The summed E-state index contributed by atoms with van der Waals surface area (Å²) in [6.07, 6.45) is 3.19. The SMILES string of the molecule is CC(=O)c1nc(-c2ccc(NC(=O)Nc3ccncc3)cc2)nc(N2CCOCC2)n1. The average molecular weight is 419 g/mol. The van der Waals surface area contributed by atoms with E-state index in [9.17, 15) is 9.59 Å². The van der Waals surface area contributed by atoms with Crippen molar-refractivity contribution in [3.05, 3.63) is 54.6 Å². The van der Waals surface area contributed by atoms with Crippen LogP contribution in [0.4, 0.5) is 22.1 Å². The maximum Gasteiger partial charge on any atom is 0.323 e. The maximum atomic E-state index is 12.1. The topological polar surface area (TPSA) is 122 Å². The first-order valence-electron chi connectivity index (χ1n) is 9.77. The zero-order chi connectivity index (χ0) is 21.6. The predicted molar refractivity (Wildman–Crippen MR) is 115 cm³/mol. The summed E-state index contributed by atoms with van der Waals surface area (Å²) in [6, 6.07) is 10.1. The number of anilines is 3. The number of aromatic nitrogens is 4. The first-order valence-corrected chi connectivity index (χ1v) is 9.77. The molecule has 3 heterocycles. The number of rotatable bonds is 5. The van der Waals surface area contributed by atoms with Crippen LogP contribution in [-0.2, 0) is 4.74 Å². The van der Waals surface area contributed by atoms with Gasteiger partial charge in [0.1, 0.15) is 0 Å². The molecule has 0 aliphatic carbocycles. The highest BCUT2D eigenvalue weighted by atomic mass is 16.5. The Morgan fingerprint density at radius 2 is 1.55 bits per heavy atom. The summed E-state index contributed by atoms with van der Waals surface area (Å²) in [5, 5.41) is 5.49. The fraction of sp³-hybridized carbons (Fsp3) is 0.238. The van der Waals surface area contributed by atoms with Crippen LogP contribution in [0.1, 0.15) is 17.5 Å². The van der Waals surface area contributed by atoms with Gasteiger partial charge in [0, 0.05) is 49.3 Å². The van der Waals surface area contributed by atoms with Crippen LogP contribution >= 0.6 is 0 Å². The molecule has 0 atom stereocenters. The molecule has 0 saturated carbocycles. The lowest BCUT2D eigenvalue weighted by Crippen LogP contribution is -2.37. The lowest BCUT2D eigenvalue weighted by atomic mass is 10.2. The van der Waals surface area contributed by atoms with Crippen LogP contribution in [0, 0.1) is 0 Å². The Morgan fingerprint density at radius 3 is 2.19 bits per heavy atom. The summed E-state index contributed by atoms with van der Waals surface area (Å²) in [5.41, 5.74) is 1.95. The standard InChI is InChI=1S/C21H21N7O3/c1-14(29)18-25-19(27-20(26-18)28-10-12-31-13-11-28)15-2-4-16(5-3-15)23-21(30)24-17-6-8-22-9-7-17/h2-9H,10-13H2,1H3,(H2,22,23,24,30). The lowest BCUT2D eigenvalue weighted by molar-refractivity contribution is 0.100. The molecule has 3 aromatic rings. The fourth-order valence-electron chi connectivity index (χ4n) is 2.99. The zero-order valence-corrected chi connectivity index (χ0v) is 16.9. The molecule has 1 aromatic carbocycles. The fourth-order valence-corrected chi connectivity index (χ4v) is 2.99. The van der Waals surface area contributed by atoms with Crippen LogP contribution in [0.25, 0.3) is 11.4 Å². The van der Waals surface area contributed by atoms with Gasteiger partial charge in [0.05, 0.1) is 13.2 Å². The second kappa shape index (κ2) is 9.26. The number of hydrogen-bond donors (Lipinski definition) is 2. The first kappa shape index (κ1) is 20.4. The second-order valence-corrected chi connectivity index (χ2v) is 6.83. The van der Waals surface area contributed by atoms with E-state index in [1.165, 1.54) is 6.92 Å². The highest BCUT2D eigenvalue weighted by molar-refractivity contribution is 5.99. The van der Waals surface area contributed by atoms with Crippen molar-refractivity contribution < 1.29 is 14.3 Å². The van der Waals surface area contributed by atoms with Crippen LogP contribution in [-0.4, -0.2) is 58.1 Å². The van der Waals surface area contributed by atoms with Gasteiger partial charge < -0.3 is 20.3 Å². The molecule has 0 bridgehead atoms. The van der Waals surface area contributed by atoms with Crippen LogP contribution in [0.2, 0.25) is 0 Å². The Kier molecular flexibility index (Phi) is 6.08. The van der Waals surface area contributed by atoms with E-state index >= 15 is 0 Å². The molecule has 158 valence electrons. The number of nitrogens with one attached hydrogen (secondary N) is 2. The normalized spacial score (nSPS) is 13.5. The Bertz CT molecular complexity index is 1070. The number of nitrogens with zero attached hydrogens (tertiary/aromatic N) is 5. The quantitative estimate of drug-likeness (QED) is 0.605. The molecule has 31 heavy (non-hydrogen) atoms. The van der Waals surface area contributed by atoms with Crippen LogP contribution in [0.15, 0.2) is 48.8 Å². The minimum Gasteiger partial charge on any atom is -0.378 e. The van der Waals surface area contributed by atoms with E-state index < -0.39 is 0 Å². The Morgan fingerprint density at radius 1 is 0.903 bits per heavy atom. The Hall–Kier alpha value is -3.92. The van der Waals surface area contributed by atoms with Gasteiger partial charge in [0.25, 0.3) is 0 Å². The average Bonchev–Trinajstić information content (AvgIpc) is 2.80. The minimum atomic E-state index is -0.368. The number of Topliss-reactive ketones (excluding diaryl/α,β-unsaturated/α-hetero) is 1. The molecule has 10 heteroatoms. The molecule has 1 aliphatic rings. The van der Waals surface area contributed by atoms with E-state index in [0.717, 1.165) is 0 Å². The summed E-state index contributed by atoms with van der Waals surface area (Å²) < 4.78 is 5.37. The third-order valence-electron chi connectivity index (χ3n) is 4.57. The van der Waals surface area contributed by atoms with Gasteiger partial charge in [-0.25, -0.2) is 9.78 Å². The highest BCUT2D eigenvalue weighted by Crippen LogP contribution is 2.21. The van der Waals surface area contributed by atoms with Gasteiger partial charge >= 0.3 is 6.03 Å². The number of hydrogen-bond acceptors (Lipinski definition) is 8. The van der Waals surface area contributed by atoms with E-state index in [1.54, 1.807) is 48.8 Å². The van der Waals surface area contributed by atoms with E-state index in [1.807, 2.05) is 4.90 Å². The number of ether oxygens (including phenoxy) is 1. The van der Waals surface area contributed by atoms with Crippen molar-refractivity contribution in [3.8, 4) is 11.4 Å². The molecular formula is C21H21N7O3. The molecule has 0 spiro atoms. The number of urea groups is 1. The number of morpholine rings is 1. The summed E-state index contributed by atoms with van der Waals surface area (Å²) in [6.45, 7) is 3.89. The number of amides is 2. The van der Waals surface area contributed by atoms with Crippen LogP contribution in [0.3, 0.4) is 0 Å². The van der Waals surface area contributed by atoms with E-state index in [0.29, 0.717) is 55.0 Å². The van der Waals surface area contributed by atoms with E-state index in [4.69, 9.17) is 4.74 Å². The molecule has 1 aliphatic heterocycles. The first-order chi connectivity index (χ1) is 15.1. The lowest BCUT2D eigenvalue weighted by Gasteiger charge is -2.27. The third-order valence-corrected chi connectivity index (χ3v) is 4.57. The summed E-state index contributed by atoms with van der Waals surface area (Å²) in [7, 11) is 0. The number of pyridine rings is 1. The van der Waals surface area contributed by atoms with Gasteiger partial charge in [-0.1, -0.05) is 0 Å². The molecule has 0 unspecified atom stereocenters. The number of ketones is 1. The van der Waals surface area contributed by atoms with Crippen molar-refractivity contribution in [2.45, 2.75) is 6.92 Å². The maximum absolute atomic E-state index is 12.1. The molecule has 2 amide bonds. The molecule has 10 nitrogen and oxygen atoms in total. The van der Waals surface area contributed by atoms with E-state index in [2.05, 4.69) is 30.6 Å². The Balaban J connectivity index is 1.52. The molecule has 0 radical (unpaired) electrons. The van der Waals surface area contributed by atoms with Crippen molar-refractivity contribution in [2.24, 2.45) is 0 Å². The predicted octanol–water partition coefficient (Wildman–Crippen LogP) is 2.62. The van der Waals surface area contributed by atoms with Crippen LogP contribution < -0.4 is 15.5 Å². The van der Waals surface area contributed by atoms with Crippen molar-refractivity contribution in [2.75, 3.05) is 41.8 Å². The third kappa shape index (κ3) is 5.17. The smallest absolute Gasteiger partial charge is 0.323 e. The van der Waals surface area contributed by atoms with Crippen LogP contribution in [0.5, 0.6) is 0 Å². The zero-order valence-electron chi connectivity index (χ0n) is 16.9. The molecule has 4 rings (SSSR count). The van der Waals surface area contributed by atoms with Crippen molar-refractivity contribution in [3.63, 3.8) is 0 Å². The van der Waals surface area contributed by atoms with Gasteiger partial charge in [0.15, 0.2) is 11.6 Å². The van der Waals surface area contributed by atoms with Gasteiger partial charge in [-0.15, -0.1) is 0 Å². The van der Waals surface area contributed by atoms with Gasteiger partial charge in [-0.3, -0.25) is 9.78 Å². The minimum absolute atomic E-state index is 0.116. The molecular weight excluding hydrogens is 398 g/mol. The second-order valence-electron chi connectivity index (χ2n) is 6.83. The van der Waals surface area contributed by atoms with Crippen molar-refractivity contribution >= 4 is 29.1 Å². The van der Waals surface area contributed by atoms with Gasteiger partial charge in [-0.05, 0) is 36.4 Å². The van der Waals surface area contributed by atoms with Crippen molar-refractivity contribution in [1.29, 1.82) is 0 Å². The summed E-state index contributed by atoms with van der Waals surface area (Å²) >= 11 is 0. The summed E-state index contributed by atoms with van der Waals surface area (Å²) in [5.74, 6) is 0.738. The largest absolute Gasteiger partial charge is 0.378 e. The molecule has 2 N–H and O–H groups in total. The number of carbonyl (C=O) groups is 2. The number of benzene rings is 1. The van der Waals surface area contributed by atoms with E-state index in [-0.39, 0.29) is 17.6 Å². The number of carbonyl (C=O) groups excluding carboxylic acids is 2. The molecule has 1 saturated heterocycles. The monoisotopic (exact) mass is 419 g/mol. The molecule has 1 fully saturated rings. The van der Waals surface area contributed by atoms with Crippen molar-refractivity contribution in [1.82, 2.24) is 19.9 Å². The Labute approximate surface area is 178 Å². The molecule has 2 aromatic heterocycles. The van der Waals surface area contributed by atoms with Gasteiger partial charge in [0.2, 0.25) is 11.8 Å². The highest BCUT2D eigenvalue weighted by Gasteiger charge is 2.18.